The first-order chi connectivity index (χ1) is 10.3. The van der Waals surface area contributed by atoms with Crippen LogP contribution in [0, 0.1) is 0 Å². The van der Waals surface area contributed by atoms with E-state index in [0.717, 1.165) is 34.8 Å². The van der Waals surface area contributed by atoms with Gasteiger partial charge in [0, 0.05) is 48.9 Å². The summed E-state index contributed by atoms with van der Waals surface area (Å²) in [6, 6.07) is 7.89. The highest BCUT2D eigenvalue weighted by Gasteiger charge is 2.10. The minimum atomic E-state index is 0.573. The van der Waals surface area contributed by atoms with Crippen LogP contribution >= 0.6 is 0 Å². The fraction of sp³-hybridized carbons (Fsp3) is 0.267. The average molecular weight is 282 g/mol. The first kappa shape index (κ1) is 13.5. The summed E-state index contributed by atoms with van der Waals surface area (Å²) in [7, 11) is 0. The van der Waals surface area contributed by atoms with Crippen LogP contribution in [0.15, 0.2) is 36.7 Å². The van der Waals surface area contributed by atoms with Gasteiger partial charge >= 0.3 is 0 Å². The number of aryl methyl sites for hydroxylation is 1. The summed E-state index contributed by atoms with van der Waals surface area (Å²) in [6.07, 6.45) is 4.40. The number of pyridine rings is 1. The Balaban J connectivity index is 2.10. The van der Waals surface area contributed by atoms with E-state index in [4.69, 9.17) is 5.73 Å². The number of nitrogens with two attached hydrogens (primary N) is 1. The molecule has 0 aromatic carbocycles. The summed E-state index contributed by atoms with van der Waals surface area (Å²) in [6.45, 7) is 3.36. The third kappa shape index (κ3) is 2.71. The molecule has 0 spiro atoms. The van der Waals surface area contributed by atoms with E-state index in [2.05, 4.69) is 27.3 Å². The number of fused-ring (bicyclic) bond motifs is 1. The maximum Gasteiger partial charge on any atom is 0.158 e. The Hall–Kier alpha value is -2.47. The first-order valence-electron chi connectivity index (χ1n) is 7.06. The molecule has 3 aromatic rings. The highest BCUT2D eigenvalue weighted by atomic mass is 15.3. The van der Waals surface area contributed by atoms with Crippen LogP contribution in [0.1, 0.15) is 12.6 Å². The van der Waals surface area contributed by atoms with Crippen molar-refractivity contribution < 1.29 is 0 Å². The largest absolute Gasteiger partial charge is 0.369 e. The predicted octanol–water partition coefficient (Wildman–Crippen LogP) is 1.72. The van der Waals surface area contributed by atoms with Crippen molar-refractivity contribution in [2.45, 2.75) is 13.3 Å². The summed E-state index contributed by atoms with van der Waals surface area (Å²) in [5.74, 6) is 0.919. The van der Waals surface area contributed by atoms with Gasteiger partial charge in [-0.25, -0.2) is 4.98 Å². The Morgan fingerprint density at radius 1 is 1.24 bits per heavy atom. The zero-order valence-electron chi connectivity index (χ0n) is 12.0. The molecule has 21 heavy (non-hydrogen) atoms. The molecule has 6 nitrogen and oxygen atoms in total. The standard InChI is InChI=1S/C15H18N6/c1-2-12-9-14(18-8-5-16)21-15(19-12)10-13(20-21)11-3-6-17-7-4-11/h3-4,6-7,9-10,18H,2,5,8,16H2,1H3. The fourth-order valence-corrected chi connectivity index (χ4v) is 2.20. The molecule has 0 radical (unpaired) electrons. The highest BCUT2D eigenvalue weighted by Crippen LogP contribution is 2.21. The van der Waals surface area contributed by atoms with E-state index >= 15 is 0 Å². The Labute approximate surface area is 123 Å². The number of nitrogens with one attached hydrogen (secondary N) is 1. The third-order valence-electron chi connectivity index (χ3n) is 3.27. The maximum atomic E-state index is 5.57. The molecule has 0 amide bonds. The Morgan fingerprint density at radius 3 is 2.76 bits per heavy atom. The van der Waals surface area contributed by atoms with Crippen molar-refractivity contribution in [2.24, 2.45) is 5.73 Å². The molecule has 0 atom stereocenters. The molecule has 108 valence electrons. The van der Waals surface area contributed by atoms with E-state index in [1.165, 1.54) is 0 Å². The number of hydrogen-bond acceptors (Lipinski definition) is 5. The number of hydrogen-bond donors (Lipinski definition) is 2. The summed E-state index contributed by atoms with van der Waals surface area (Å²) < 4.78 is 1.82. The zero-order chi connectivity index (χ0) is 14.7. The molecule has 0 aliphatic heterocycles. The van der Waals surface area contributed by atoms with Crippen LogP contribution in [-0.2, 0) is 6.42 Å². The van der Waals surface area contributed by atoms with Gasteiger partial charge in [0.1, 0.15) is 5.82 Å². The SMILES string of the molecule is CCc1cc(NCCN)n2nc(-c3ccncc3)cc2n1. The number of anilines is 1. The van der Waals surface area contributed by atoms with Crippen molar-refractivity contribution in [2.75, 3.05) is 18.4 Å². The van der Waals surface area contributed by atoms with E-state index in [1.54, 1.807) is 12.4 Å². The molecular formula is C15H18N6. The lowest BCUT2D eigenvalue weighted by molar-refractivity contribution is 0.898. The number of rotatable bonds is 5. The molecule has 0 saturated carbocycles. The molecule has 6 heteroatoms. The van der Waals surface area contributed by atoms with Crippen LogP contribution in [-0.4, -0.2) is 32.7 Å². The second-order valence-corrected chi connectivity index (χ2v) is 4.74. The van der Waals surface area contributed by atoms with Crippen molar-refractivity contribution in [3.63, 3.8) is 0 Å². The van der Waals surface area contributed by atoms with Crippen molar-refractivity contribution in [1.82, 2.24) is 19.6 Å². The van der Waals surface area contributed by atoms with Crippen LogP contribution < -0.4 is 11.1 Å². The maximum absolute atomic E-state index is 5.57. The minimum absolute atomic E-state index is 0.573. The van der Waals surface area contributed by atoms with Crippen molar-refractivity contribution in [1.29, 1.82) is 0 Å². The topological polar surface area (TPSA) is 81.1 Å². The lowest BCUT2D eigenvalue weighted by Gasteiger charge is -2.08. The smallest absolute Gasteiger partial charge is 0.158 e. The molecule has 3 aromatic heterocycles. The molecule has 3 heterocycles. The quantitative estimate of drug-likeness (QED) is 0.744. The zero-order valence-corrected chi connectivity index (χ0v) is 12.0. The molecule has 0 unspecified atom stereocenters. The van der Waals surface area contributed by atoms with Gasteiger partial charge in [0.2, 0.25) is 0 Å². The van der Waals surface area contributed by atoms with Gasteiger partial charge in [-0.15, -0.1) is 0 Å². The van der Waals surface area contributed by atoms with Crippen LogP contribution in [0.25, 0.3) is 16.9 Å². The molecule has 3 rings (SSSR count). The van der Waals surface area contributed by atoms with Crippen LogP contribution in [0.4, 0.5) is 5.82 Å². The summed E-state index contributed by atoms with van der Waals surface area (Å²) in [5, 5.41) is 7.93. The van der Waals surface area contributed by atoms with E-state index in [9.17, 15) is 0 Å². The summed E-state index contributed by atoms with van der Waals surface area (Å²) in [4.78, 5) is 8.66. The molecule has 0 aliphatic rings. The average Bonchev–Trinajstić information content (AvgIpc) is 2.97. The van der Waals surface area contributed by atoms with Gasteiger partial charge in [-0.1, -0.05) is 6.92 Å². The van der Waals surface area contributed by atoms with E-state index < -0.39 is 0 Å². The molecule has 0 aliphatic carbocycles. The molecule has 3 N–H and O–H groups in total. The normalized spacial score (nSPS) is 11.0. The Bertz CT molecular complexity index is 735. The predicted molar refractivity (Wildman–Crippen MR) is 83.1 cm³/mol. The van der Waals surface area contributed by atoms with E-state index in [-0.39, 0.29) is 0 Å². The Kier molecular flexibility index (Phi) is 3.79. The first-order valence-corrected chi connectivity index (χ1v) is 7.06. The van der Waals surface area contributed by atoms with Crippen molar-refractivity contribution >= 4 is 11.5 Å². The van der Waals surface area contributed by atoms with Crippen LogP contribution in [0.2, 0.25) is 0 Å². The van der Waals surface area contributed by atoms with Crippen LogP contribution in [0.5, 0.6) is 0 Å². The number of aromatic nitrogens is 4. The van der Waals surface area contributed by atoms with E-state index in [1.807, 2.05) is 28.8 Å². The van der Waals surface area contributed by atoms with Crippen LogP contribution in [0.3, 0.4) is 0 Å². The lowest BCUT2D eigenvalue weighted by atomic mass is 10.2. The highest BCUT2D eigenvalue weighted by molar-refractivity contribution is 5.65. The minimum Gasteiger partial charge on any atom is -0.369 e. The third-order valence-corrected chi connectivity index (χ3v) is 3.27. The summed E-state index contributed by atoms with van der Waals surface area (Å²) in [5.41, 5.74) is 9.35. The monoisotopic (exact) mass is 282 g/mol. The van der Waals surface area contributed by atoms with Gasteiger partial charge in [-0.05, 0) is 18.6 Å². The second kappa shape index (κ2) is 5.88. The molecule has 0 bridgehead atoms. The van der Waals surface area contributed by atoms with Gasteiger partial charge in [-0.3, -0.25) is 4.98 Å². The van der Waals surface area contributed by atoms with Gasteiger partial charge in [0.05, 0.1) is 5.69 Å². The lowest BCUT2D eigenvalue weighted by Crippen LogP contribution is -2.16. The second-order valence-electron chi connectivity index (χ2n) is 4.74. The molecular weight excluding hydrogens is 264 g/mol. The van der Waals surface area contributed by atoms with Gasteiger partial charge in [-0.2, -0.15) is 9.61 Å². The number of nitrogens with zero attached hydrogens (tertiary/aromatic N) is 4. The van der Waals surface area contributed by atoms with Crippen molar-refractivity contribution in [3.05, 3.63) is 42.4 Å². The molecule has 0 saturated heterocycles. The molecule has 0 fully saturated rings. The van der Waals surface area contributed by atoms with Gasteiger partial charge in [0.25, 0.3) is 0 Å². The fourth-order valence-electron chi connectivity index (χ4n) is 2.20. The van der Waals surface area contributed by atoms with Gasteiger partial charge in [0.15, 0.2) is 5.65 Å². The van der Waals surface area contributed by atoms with E-state index in [0.29, 0.717) is 13.1 Å². The Morgan fingerprint density at radius 2 is 2.05 bits per heavy atom. The van der Waals surface area contributed by atoms with Crippen molar-refractivity contribution in [3.8, 4) is 11.3 Å². The van der Waals surface area contributed by atoms with Gasteiger partial charge < -0.3 is 11.1 Å². The summed E-state index contributed by atoms with van der Waals surface area (Å²) >= 11 is 0.